The Balaban J connectivity index is 3.35. The first-order valence-corrected chi connectivity index (χ1v) is 4.92. The third-order valence-electron chi connectivity index (χ3n) is 2.86. The number of aryl methyl sites for hydroxylation is 2. The van der Waals surface area contributed by atoms with Gasteiger partial charge in [-0.3, -0.25) is 0 Å². The molecular weight excluding hydrogens is 190 g/mol. The van der Waals surface area contributed by atoms with E-state index in [1.54, 1.807) is 14.0 Å². The van der Waals surface area contributed by atoms with E-state index in [-0.39, 0.29) is 0 Å². The molecular formula is C12H17NO2. The van der Waals surface area contributed by atoms with Crippen molar-refractivity contribution in [3.63, 3.8) is 0 Å². The van der Waals surface area contributed by atoms with Crippen molar-refractivity contribution in [3.05, 3.63) is 34.9 Å². The number of nitrogens with one attached hydrogen (secondary N) is 1. The minimum Gasteiger partial charge on any atom is -0.480 e. The second kappa shape index (κ2) is 4.03. The zero-order valence-corrected chi connectivity index (χ0v) is 9.59. The summed E-state index contributed by atoms with van der Waals surface area (Å²) in [7, 11) is 1.66. The quantitative estimate of drug-likeness (QED) is 0.795. The predicted octanol–water partition coefficient (Wildman–Crippen LogP) is 1.82. The van der Waals surface area contributed by atoms with Crippen LogP contribution in [0.15, 0.2) is 18.2 Å². The molecule has 0 spiro atoms. The largest absolute Gasteiger partial charge is 0.480 e. The molecule has 2 N–H and O–H groups in total. The summed E-state index contributed by atoms with van der Waals surface area (Å²) in [6.45, 7) is 5.56. The number of hydrogen-bond acceptors (Lipinski definition) is 2. The van der Waals surface area contributed by atoms with Gasteiger partial charge in [-0.1, -0.05) is 23.8 Å². The van der Waals surface area contributed by atoms with Crippen molar-refractivity contribution in [1.82, 2.24) is 5.32 Å². The molecule has 3 nitrogen and oxygen atoms in total. The molecule has 1 aromatic rings. The topological polar surface area (TPSA) is 49.3 Å². The molecule has 0 aliphatic carbocycles. The molecule has 1 aromatic carbocycles. The molecule has 0 unspecified atom stereocenters. The van der Waals surface area contributed by atoms with E-state index in [4.69, 9.17) is 0 Å². The highest BCUT2D eigenvalue weighted by Crippen LogP contribution is 2.25. The minimum atomic E-state index is -1.02. The van der Waals surface area contributed by atoms with Gasteiger partial charge in [0.15, 0.2) is 0 Å². The summed E-state index contributed by atoms with van der Waals surface area (Å²) in [5.41, 5.74) is 1.85. The fraction of sp³-hybridized carbons (Fsp3) is 0.417. The fourth-order valence-electron chi connectivity index (χ4n) is 1.63. The molecule has 0 aromatic heterocycles. The first-order chi connectivity index (χ1) is 6.91. The third kappa shape index (κ3) is 2.02. The van der Waals surface area contributed by atoms with Crippen LogP contribution in [-0.2, 0) is 10.3 Å². The van der Waals surface area contributed by atoms with Gasteiger partial charge in [0.05, 0.1) is 0 Å². The van der Waals surface area contributed by atoms with E-state index in [9.17, 15) is 9.90 Å². The number of carbonyl (C=O) groups is 1. The lowest BCUT2D eigenvalue weighted by Crippen LogP contribution is -2.45. The monoisotopic (exact) mass is 207 g/mol. The summed E-state index contributed by atoms with van der Waals surface area (Å²) in [6, 6.07) is 5.85. The zero-order chi connectivity index (χ0) is 11.6. The fourth-order valence-corrected chi connectivity index (χ4v) is 1.63. The molecule has 3 heteroatoms. The van der Waals surface area contributed by atoms with Crippen LogP contribution in [0.4, 0.5) is 0 Å². The molecule has 0 amide bonds. The highest BCUT2D eigenvalue weighted by Gasteiger charge is 2.34. The Morgan fingerprint density at radius 1 is 1.40 bits per heavy atom. The van der Waals surface area contributed by atoms with E-state index in [1.165, 1.54) is 0 Å². The summed E-state index contributed by atoms with van der Waals surface area (Å²) in [5.74, 6) is -0.862. The van der Waals surface area contributed by atoms with Crippen LogP contribution in [0, 0.1) is 13.8 Å². The summed E-state index contributed by atoms with van der Waals surface area (Å²) in [5, 5.41) is 12.1. The van der Waals surface area contributed by atoms with Crippen molar-refractivity contribution in [2.45, 2.75) is 26.3 Å². The Morgan fingerprint density at radius 3 is 2.47 bits per heavy atom. The number of carboxylic acid groups (broad SMARTS) is 1. The molecule has 0 aliphatic rings. The van der Waals surface area contributed by atoms with Crippen molar-refractivity contribution in [2.24, 2.45) is 0 Å². The molecule has 0 heterocycles. The number of likely N-dealkylation sites (N-methyl/N-ethyl adjacent to an activating group) is 1. The summed E-state index contributed by atoms with van der Waals surface area (Å²) in [6.07, 6.45) is 0. The van der Waals surface area contributed by atoms with Gasteiger partial charge in [-0.2, -0.15) is 0 Å². The smallest absolute Gasteiger partial charge is 0.328 e. The second-order valence-electron chi connectivity index (χ2n) is 4.00. The lowest BCUT2D eigenvalue weighted by molar-refractivity contribution is -0.144. The Labute approximate surface area is 90.1 Å². The average Bonchev–Trinajstić information content (AvgIpc) is 2.20. The molecule has 1 rings (SSSR count). The van der Waals surface area contributed by atoms with Crippen LogP contribution < -0.4 is 5.32 Å². The van der Waals surface area contributed by atoms with E-state index in [1.807, 2.05) is 32.0 Å². The standard InChI is InChI=1S/C12H17NO2/c1-8-5-6-9(2)10(7-8)12(3,13-4)11(14)15/h5-7,13H,1-4H3,(H,14,15)/t12-/m0/s1. The van der Waals surface area contributed by atoms with Gasteiger partial charge in [0, 0.05) is 0 Å². The van der Waals surface area contributed by atoms with Gasteiger partial charge >= 0.3 is 5.97 Å². The molecule has 0 saturated heterocycles. The van der Waals surface area contributed by atoms with Crippen molar-refractivity contribution < 1.29 is 9.90 Å². The van der Waals surface area contributed by atoms with Gasteiger partial charge in [0.25, 0.3) is 0 Å². The molecule has 0 bridgehead atoms. The van der Waals surface area contributed by atoms with Gasteiger partial charge < -0.3 is 10.4 Å². The lowest BCUT2D eigenvalue weighted by Gasteiger charge is -2.26. The average molecular weight is 207 g/mol. The van der Waals surface area contributed by atoms with Crippen molar-refractivity contribution >= 4 is 5.97 Å². The van der Waals surface area contributed by atoms with Crippen LogP contribution in [0.2, 0.25) is 0 Å². The maximum absolute atomic E-state index is 11.3. The first kappa shape index (κ1) is 11.7. The highest BCUT2D eigenvalue weighted by atomic mass is 16.4. The SMILES string of the molecule is CN[C@](C)(C(=O)O)c1cc(C)ccc1C. The van der Waals surface area contributed by atoms with Crippen LogP contribution in [0.1, 0.15) is 23.6 Å². The second-order valence-corrected chi connectivity index (χ2v) is 4.00. The maximum atomic E-state index is 11.3. The van der Waals surface area contributed by atoms with Gasteiger partial charge in [0.2, 0.25) is 0 Å². The van der Waals surface area contributed by atoms with E-state index in [0.717, 1.165) is 16.7 Å². The molecule has 15 heavy (non-hydrogen) atoms. The van der Waals surface area contributed by atoms with E-state index < -0.39 is 11.5 Å². The highest BCUT2D eigenvalue weighted by molar-refractivity contribution is 5.80. The Morgan fingerprint density at radius 2 is 2.00 bits per heavy atom. The molecule has 1 atom stereocenters. The molecule has 0 fully saturated rings. The van der Waals surface area contributed by atoms with Crippen molar-refractivity contribution in [1.29, 1.82) is 0 Å². The Hall–Kier alpha value is -1.35. The Kier molecular flexibility index (Phi) is 3.15. The van der Waals surface area contributed by atoms with Gasteiger partial charge in [-0.15, -0.1) is 0 Å². The molecule has 82 valence electrons. The minimum absolute atomic E-state index is 0.817. The van der Waals surface area contributed by atoms with Gasteiger partial charge in [-0.05, 0) is 38.9 Å². The zero-order valence-electron chi connectivity index (χ0n) is 9.59. The van der Waals surface area contributed by atoms with Crippen molar-refractivity contribution in [2.75, 3.05) is 7.05 Å². The number of carboxylic acids is 1. The molecule has 0 aliphatic heterocycles. The van der Waals surface area contributed by atoms with Crippen LogP contribution in [0.3, 0.4) is 0 Å². The molecule has 0 saturated carbocycles. The number of hydrogen-bond donors (Lipinski definition) is 2. The number of aliphatic carboxylic acids is 1. The molecule has 0 radical (unpaired) electrons. The number of benzene rings is 1. The summed E-state index contributed by atoms with van der Waals surface area (Å²) >= 11 is 0. The Bertz CT molecular complexity index is 387. The maximum Gasteiger partial charge on any atom is 0.328 e. The summed E-state index contributed by atoms with van der Waals surface area (Å²) in [4.78, 5) is 11.3. The van der Waals surface area contributed by atoms with Crippen LogP contribution in [0.25, 0.3) is 0 Å². The van der Waals surface area contributed by atoms with Crippen molar-refractivity contribution in [3.8, 4) is 0 Å². The first-order valence-electron chi connectivity index (χ1n) is 4.92. The normalized spacial score (nSPS) is 14.7. The van der Waals surface area contributed by atoms with Gasteiger partial charge in [-0.25, -0.2) is 4.79 Å². The number of rotatable bonds is 3. The van der Waals surface area contributed by atoms with E-state index >= 15 is 0 Å². The van der Waals surface area contributed by atoms with Gasteiger partial charge in [0.1, 0.15) is 5.54 Å². The summed E-state index contributed by atoms with van der Waals surface area (Å²) < 4.78 is 0. The predicted molar refractivity (Wildman–Crippen MR) is 60.0 cm³/mol. The third-order valence-corrected chi connectivity index (χ3v) is 2.86. The van der Waals surface area contributed by atoms with Crippen LogP contribution in [0.5, 0.6) is 0 Å². The lowest BCUT2D eigenvalue weighted by atomic mass is 9.87. The van der Waals surface area contributed by atoms with E-state index in [0.29, 0.717) is 0 Å². The van der Waals surface area contributed by atoms with Crippen LogP contribution >= 0.6 is 0 Å². The van der Waals surface area contributed by atoms with Crippen LogP contribution in [-0.4, -0.2) is 18.1 Å². The van der Waals surface area contributed by atoms with E-state index in [2.05, 4.69) is 5.32 Å².